The number of hydrogen-bond acceptors (Lipinski definition) is 3. The monoisotopic (exact) mass is 335 g/mol. The minimum atomic E-state index is -0.0653. The Morgan fingerprint density at radius 1 is 1.20 bits per heavy atom. The average molecular weight is 335 g/mol. The van der Waals surface area contributed by atoms with Crippen LogP contribution < -0.4 is 5.32 Å². The molecule has 2 heterocycles. The lowest BCUT2D eigenvalue weighted by atomic mass is 10.1. The smallest absolute Gasteiger partial charge is 0.241 e. The van der Waals surface area contributed by atoms with E-state index in [1.807, 2.05) is 24.4 Å². The van der Waals surface area contributed by atoms with Crippen molar-refractivity contribution in [3.8, 4) is 0 Å². The SMILES string of the molecule is Cc1cccnc1CN1CCC[C@@H]1C(=O)Nc1ccc(C2CC2)cc1. The lowest BCUT2D eigenvalue weighted by molar-refractivity contribution is -0.120. The van der Waals surface area contributed by atoms with Gasteiger partial charge in [-0.15, -0.1) is 0 Å². The summed E-state index contributed by atoms with van der Waals surface area (Å²) in [6.07, 6.45) is 6.41. The minimum absolute atomic E-state index is 0.0653. The van der Waals surface area contributed by atoms with E-state index >= 15 is 0 Å². The van der Waals surface area contributed by atoms with Crippen molar-refractivity contribution in [2.75, 3.05) is 11.9 Å². The number of aryl methyl sites for hydroxylation is 1. The molecule has 4 rings (SSSR count). The third-order valence-corrected chi connectivity index (χ3v) is 5.36. The summed E-state index contributed by atoms with van der Waals surface area (Å²) in [4.78, 5) is 19.5. The van der Waals surface area contributed by atoms with Crippen LogP contribution in [0.25, 0.3) is 0 Å². The van der Waals surface area contributed by atoms with E-state index in [9.17, 15) is 4.79 Å². The quantitative estimate of drug-likeness (QED) is 0.902. The Morgan fingerprint density at radius 3 is 2.72 bits per heavy atom. The fraction of sp³-hybridized carbons (Fsp3) is 0.429. The number of amides is 1. The molecule has 0 bridgehead atoms. The standard InChI is InChI=1S/C21H25N3O/c1-15-4-2-12-22-19(15)14-24-13-3-5-20(24)21(25)23-18-10-8-17(9-11-18)16-6-7-16/h2,4,8-12,16,20H,3,5-7,13-14H2,1H3,(H,23,25)/t20-/m1/s1. The van der Waals surface area contributed by atoms with Crippen molar-refractivity contribution >= 4 is 11.6 Å². The maximum Gasteiger partial charge on any atom is 0.241 e. The van der Waals surface area contributed by atoms with Gasteiger partial charge in [0.15, 0.2) is 0 Å². The Balaban J connectivity index is 1.40. The summed E-state index contributed by atoms with van der Waals surface area (Å²) in [7, 11) is 0. The van der Waals surface area contributed by atoms with Crippen molar-refractivity contribution in [1.29, 1.82) is 0 Å². The van der Waals surface area contributed by atoms with Crippen molar-refractivity contribution in [2.45, 2.75) is 51.1 Å². The van der Waals surface area contributed by atoms with Gasteiger partial charge in [0.2, 0.25) is 5.91 Å². The molecule has 1 aromatic carbocycles. The molecule has 2 fully saturated rings. The summed E-state index contributed by atoms with van der Waals surface area (Å²) in [5.41, 5.74) is 4.54. The lowest BCUT2D eigenvalue weighted by Gasteiger charge is -2.24. The summed E-state index contributed by atoms with van der Waals surface area (Å²) < 4.78 is 0. The molecule has 1 aromatic heterocycles. The van der Waals surface area contributed by atoms with E-state index in [1.54, 1.807) is 0 Å². The number of carbonyl (C=O) groups is 1. The van der Waals surface area contributed by atoms with Crippen LogP contribution in [0.5, 0.6) is 0 Å². The van der Waals surface area contributed by atoms with E-state index in [1.165, 1.54) is 24.0 Å². The normalized spacial score (nSPS) is 20.6. The Hall–Kier alpha value is -2.20. The number of nitrogens with zero attached hydrogens (tertiary/aromatic N) is 2. The zero-order chi connectivity index (χ0) is 17.2. The number of hydrogen-bond donors (Lipinski definition) is 1. The third kappa shape index (κ3) is 3.74. The highest BCUT2D eigenvalue weighted by Gasteiger charge is 2.31. The maximum atomic E-state index is 12.8. The van der Waals surface area contributed by atoms with Gasteiger partial charge < -0.3 is 5.32 Å². The van der Waals surface area contributed by atoms with Gasteiger partial charge in [0.25, 0.3) is 0 Å². The molecular weight excluding hydrogens is 310 g/mol. The van der Waals surface area contributed by atoms with Crippen molar-refractivity contribution in [1.82, 2.24) is 9.88 Å². The van der Waals surface area contributed by atoms with Crippen LogP contribution in [0.2, 0.25) is 0 Å². The van der Waals surface area contributed by atoms with Crippen molar-refractivity contribution in [2.24, 2.45) is 0 Å². The number of benzene rings is 1. The molecular formula is C21H25N3O. The van der Waals surface area contributed by atoms with E-state index in [2.05, 4.69) is 40.3 Å². The molecule has 1 aliphatic heterocycles. The summed E-state index contributed by atoms with van der Waals surface area (Å²) in [5.74, 6) is 0.849. The van der Waals surface area contributed by atoms with Crippen molar-refractivity contribution in [3.05, 3.63) is 59.4 Å². The van der Waals surface area contributed by atoms with E-state index in [0.29, 0.717) is 0 Å². The molecule has 25 heavy (non-hydrogen) atoms. The molecule has 1 amide bonds. The predicted octanol–water partition coefficient (Wildman–Crippen LogP) is 3.87. The molecule has 0 unspecified atom stereocenters. The fourth-order valence-corrected chi connectivity index (χ4v) is 3.67. The molecule has 0 radical (unpaired) electrons. The number of pyridine rings is 1. The summed E-state index contributed by atoms with van der Waals surface area (Å²) in [6.45, 7) is 3.77. The first-order chi connectivity index (χ1) is 12.2. The average Bonchev–Trinajstić information content (AvgIpc) is 3.36. The van der Waals surface area contributed by atoms with Gasteiger partial charge in [-0.25, -0.2) is 0 Å². The zero-order valence-corrected chi connectivity index (χ0v) is 14.7. The number of aromatic nitrogens is 1. The second-order valence-corrected chi connectivity index (χ2v) is 7.28. The van der Waals surface area contributed by atoms with Gasteiger partial charge in [0, 0.05) is 18.4 Å². The molecule has 2 aromatic rings. The topological polar surface area (TPSA) is 45.2 Å². The van der Waals surface area contributed by atoms with E-state index in [4.69, 9.17) is 0 Å². The fourth-order valence-electron chi connectivity index (χ4n) is 3.67. The maximum absolute atomic E-state index is 12.8. The highest BCUT2D eigenvalue weighted by molar-refractivity contribution is 5.95. The van der Waals surface area contributed by atoms with Gasteiger partial charge in [-0.3, -0.25) is 14.7 Å². The first-order valence-electron chi connectivity index (χ1n) is 9.26. The van der Waals surface area contributed by atoms with Crippen LogP contribution in [0.15, 0.2) is 42.6 Å². The molecule has 2 aliphatic rings. The van der Waals surface area contributed by atoms with E-state index in [0.717, 1.165) is 43.2 Å². The minimum Gasteiger partial charge on any atom is -0.325 e. The molecule has 130 valence electrons. The van der Waals surface area contributed by atoms with E-state index in [-0.39, 0.29) is 11.9 Å². The second-order valence-electron chi connectivity index (χ2n) is 7.28. The van der Waals surface area contributed by atoms with Gasteiger partial charge in [-0.1, -0.05) is 18.2 Å². The molecule has 1 aliphatic carbocycles. The van der Waals surface area contributed by atoms with Crippen LogP contribution in [0.1, 0.15) is 48.4 Å². The van der Waals surface area contributed by atoms with Crippen LogP contribution in [-0.4, -0.2) is 28.4 Å². The molecule has 1 N–H and O–H groups in total. The Kier molecular flexibility index (Phi) is 4.53. The van der Waals surface area contributed by atoms with E-state index < -0.39 is 0 Å². The third-order valence-electron chi connectivity index (χ3n) is 5.36. The number of likely N-dealkylation sites (tertiary alicyclic amines) is 1. The first-order valence-corrected chi connectivity index (χ1v) is 9.26. The van der Waals surface area contributed by atoms with Gasteiger partial charge in [-0.05, 0) is 74.4 Å². The molecule has 4 heteroatoms. The molecule has 1 saturated carbocycles. The Bertz CT molecular complexity index is 752. The summed E-state index contributed by atoms with van der Waals surface area (Å²) >= 11 is 0. The lowest BCUT2D eigenvalue weighted by Crippen LogP contribution is -2.39. The Labute approximate surface area is 149 Å². The van der Waals surface area contributed by atoms with Crippen molar-refractivity contribution in [3.63, 3.8) is 0 Å². The number of anilines is 1. The van der Waals surface area contributed by atoms with Crippen LogP contribution >= 0.6 is 0 Å². The van der Waals surface area contributed by atoms with Crippen LogP contribution in [-0.2, 0) is 11.3 Å². The largest absolute Gasteiger partial charge is 0.325 e. The van der Waals surface area contributed by atoms with Gasteiger partial charge in [-0.2, -0.15) is 0 Å². The number of rotatable bonds is 5. The highest BCUT2D eigenvalue weighted by atomic mass is 16.2. The Morgan fingerprint density at radius 2 is 2.00 bits per heavy atom. The number of carbonyl (C=O) groups excluding carboxylic acids is 1. The van der Waals surface area contributed by atoms with Gasteiger partial charge >= 0.3 is 0 Å². The summed E-state index contributed by atoms with van der Waals surface area (Å²) in [5, 5.41) is 3.10. The van der Waals surface area contributed by atoms with Gasteiger partial charge in [0.1, 0.15) is 0 Å². The molecule has 4 nitrogen and oxygen atoms in total. The highest BCUT2D eigenvalue weighted by Crippen LogP contribution is 2.40. The summed E-state index contributed by atoms with van der Waals surface area (Å²) in [6, 6.07) is 12.3. The van der Waals surface area contributed by atoms with Gasteiger partial charge in [0.05, 0.1) is 11.7 Å². The second kappa shape index (κ2) is 6.96. The first kappa shape index (κ1) is 16.3. The molecule has 1 saturated heterocycles. The molecule has 1 atom stereocenters. The molecule has 0 spiro atoms. The number of nitrogens with one attached hydrogen (secondary N) is 1. The van der Waals surface area contributed by atoms with Crippen LogP contribution in [0, 0.1) is 6.92 Å². The predicted molar refractivity (Wildman–Crippen MR) is 99.5 cm³/mol. The van der Waals surface area contributed by atoms with Crippen LogP contribution in [0.3, 0.4) is 0 Å². The zero-order valence-electron chi connectivity index (χ0n) is 14.7. The van der Waals surface area contributed by atoms with Crippen LogP contribution in [0.4, 0.5) is 5.69 Å². The van der Waals surface area contributed by atoms with Crippen molar-refractivity contribution < 1.29 is 4.79 Å².